The van der Waals surface area contributed by atoms with Gasteiger partial charge in [0.2, 0.25) is 0 Å². The van der Waals surface area contributed by atoms with Gasteiger partial charge in [-0.05, 0) is 42.0 Å². The predicted molar refractivity (Wildman–Crippen MR) is 77.4 cm³/mol. The van der Waals surface area contributed by atoms with Crippen LogP contribution in [0.5, 0.6) is 0 Å². The Labute approximate surface area is 118 Å². The fourth-order valence-corrected chi connectivity index (χ4v) is 2.89. The summed E-state index contributed by atoms with van der Waals surface area (Å²) in [7, 11) is -1.11. The minimum absolute atomic E-state index is 0.404. The van der Waals surface area contributed by atoms with Gasteiger partial charge in [-0.2, -0.15) is 0 Å². The molecule has 0 saturated carbocycles. The SMILES string of the molecule is Nc1ccc(S(=O)Cc2ccc(Cl)c(Cl)c2)cc1. The smallest absolute Gasteiger partial charge is 0.0595 e. The number of nitrogens with two attached hydrogens (primary N) is 1. The maximum absolute atomic E-state index is 12.1. The van der Waals surface area contributed by atoms with Gasteiger partial charge in [0.1, 0.15) is 0 Å². The zero-order valence-corrected chi connectivity index (χ0v) is 11.7. The molecule has 1 unspecified atom stereocenters. The highest BCUT2D eigenvalue weighted by Gasteiger charge is 2.06. The van der Waals surface area contributed by atoms with E-state index in [4.69, 9.17) is 28.9 Å². The molecule has 0 aliphatic carbocycles. The van der Waals surface area contributed by atoms with Gasteiger partial charge in [0.25, 0.3) is 0 Å². The van der Waals surface area contributed by atoms with Crippen LogP contribution in [0.1, 0.15) is 5.56 Å². The monoisotopic (exact) mass is 299 g/mol. The molecular formula is C13H11Cl2NOS. The molecule has 2 aromatic carbocycles. The van der Waals surface area contributed by atoms with E-state index < -0.39 is 10.8 Å². The van der Waals surface area contributed by atoms with Gasteiger partial charge in [-0.25, -0.2) is 0 Å². The second-order valence-electron chi connectivity index (χ2n) is 3.81. The Hall–Kier alpha value is -1.03. The highest BCUT2D eigenvalue weighted by molar-refractivity contribution is 7.84. The first-order chi connectivity index (χ1) is 8.56. The molecule has 0 bridgehead atoms. The average Bonchev–Trinajstić information content (AvgIpc) is 2.34. The largest absolute Gasteiger partial charge is 0.399 e. The van der Waals surface area contributed by atoms with Crippen LogP contribution >= 0.6 is 23.2 Å². The van der Waals surface area contributed by atoms with E-state index in [2.05, 4.69) is 0 Å². The molecule has 0 heterocycles. The Bertz CT molecular complexity index is 584. The van der Waals surface area contributed by atoms with E-state index in [0.29, 0.717) is 21.5 Å². The number of benzene rings is 2. The highest BCUT2D eigenvalue weighted by atomic mass is 35.5. The van der Waals surface area contributed by atoms with Crippen LogP contribution in [0, 0.1) is 0 Å². The molecule has 5 heteroatoms. The molecule has 18 heavy (non-hydrogen) atoms. The molecule has 0 fully saturated rings. The van der Waals surface area contributed by atoms with Crippen molar-refractivity contribution in [3.05, 3.63) is 58.1 Å². The molecule has 0 radical (unpaired) electrons. The summed E-state index contributed by atoms with van der Waals surface area (Å²) >= 11 is 11.7. The summed E-state index contributed by atoms with van der Waals surface area (Å²) in [5, 5.41) is 0.974. The van der Waals surface area contributed by atoms with Gasteiger partial charge in [-0.3, -0.25) is 4.21 Å². The van der Waals surface area contributed by atoms with Gasteiger partial charge in [0.15, 0.2) is 0 Å². The third kappa shape index (κ3) is 3.25. The molecule has 2 N–H and O–H groups in total. The van der Waals surface area contributed by atoms with Gasteiger partial charge in [-0.1, -0.05) is 29.3 Å². The lowest BCUT2D eigenvalue weighted by Gasteiger charge is -2.04. The molecule has 2 aromatic rings. The summed E-state index contributed by atoms with van der Waals surface area (Å²) in [6.07, 6.45) is 0. The van der Waals surface area contributed by atoms with Crippen LogP contribution in [-0.2, 0) is 16.6 Å². The summed E-state index contributed by atoms with van der Waals surface area (Å²) in [4.78, 5) is 0.746. The number of hydrogen-bond donors (Lipinski definition) is 1. The molecule has 0 aliphatic rings. The highest BCUT2D eigenvalue weighted by Crippen LogP contribution is 2.24. The predicted octanol–water partition coefficient (Wildman–Crippen LogP) is 3.88. The van der Waals surface area contributed by atoms with Crippen molar-refractivity contribution in [2.75, 3.05) is 5.73 Å². The van der Waals surface area contributed by atoms with Crippen molar-refractivity contribution in [2.24, 2.45) is 0 Å². The molecular weight excluding hydrogens is 289 g/mol. The average molecular weight is 300 g/mol. The zero-order valence-electron chi connectivity index (χ0n) is 9.40. The minimum Gasteiger partial charge on any atom is -0.399 e. The van der Waals surface area contributed by atoms with Crippen LogP contribution < -0.4 is 5.73 Å². The summed E-state index contributed by atoms with van der Waals surface area (Å²) in [6.45, 7) is 0. The van der Waals surface area contributed by atoms with Crippen LogP contribution in [0.3, 0.4) is 0 Å². The fourth-order valence-electron chi connectivity index (χ4n) is 1.48. The van der Waals surface area contributed by atoms with E-state index in [-0.39, 0.29) is 0 Å². The number of anilines is 1. The maximum atomic E-state index is 12.1. The zero-order chi connectivity index (χ0) is 13.1. The lowest BCUT2D eigenvalue weighted by molar-refractivity contribution is 0.682. The Morgan fingerprint density at radius 3 is 2.28 bits per heavy atom. The second kappa shape index (κ2) is 5.74. The molecule has 0 saturated heterocycles. The molecule has 0 amide bonds. The number of rotatable bonds is 3. The van der Waals surface area contributed by atoms with Crippen molar-refractivity contribution >= 4 is 39.7 Å². The van der Waals surface area contributed by atoms with E-state index in [1.165, 1.54) is 0 Å². The summed E-state index contributed by atoms with van der Waals surface area (Å²) < 4.78 is 12.1. The summed E-state index contributed by atoms with van der Waals surface area (Å²) in [6, 6.07) is 12.3. The van der Waals surface area contributed by atoms with Crippen molar-refractivity contribution in [1.82, 2.24) is 0 Å². The van der Waals surface area contributed by atoms with Crippen LogP contribution in [-0.4, -0.2) is 4.21 Å². The third-order valence-corrected chi connectivity index (χ3v) is 4.56. The van der Waals surface area contributed by atoms with Crippen LogP contribution in [0.25, 0.3) is 0 Å². The molecule has 0 aliphatic heterocycles. The Morgan fingerprint density at radius 1 is 1.00 bits per heavy atom. The molecule has 0 spiro atoms. The van der Waals surface area contributed by atoms with Crippen LogP contribution in [0.2, 0.25) is 10.0 Å². The minimum atomic E-state index is -1.11. The first kappa shape index (κ1) is 13.4. The van der Waals surface area contributed by atoms with E-state index in [0.717, 1.165) is 10.5 Å². The fraction of sp³-hybridized carbons (Fsp3) is 0.0769. The van der Waals surface area contributed by atoms with Gasteiger partial charge in [-0.15, -0.1) is 0 Å². The van der Waals surface area contributed by atoms with E-state index in [1.807, 2.05) is 6.07 Å². The van der Waals surface area contributed by atoms with E-state index >= 15 is 0 Å². The molecule has 0 aromatic heterocycles. The number of halogens is 2. The molecule has 1 atom stereocenters. The lowest BCUT2D eigenvalue weighted by Crippen LogP contribution is -1.97. The first-order valence-electron chi connectivity index (χ1n) is 5.24. The quantitative estimate of drug-likeness (QED) is 0.874. The summed E-state index contributed by atoms with van der Waals surface area (Å²) in [5.41, 5.74) is 7.13. The summed E-state index contributed by atoms with van der Waals surface area (Å²) in [5.74, 6) is 0.404. The van der Waals surface area contributed by atoms with Crippen LogP contribution in [0.15, 0.2) is 47.4 Å². The Morgan fingerprint density at radius 2 is 1.67 bits per heavy atom. The van der Waals surface area contributed by atoms with Gasteiger partial charge in [0.05, 0.1) is 26.6 Å². The molecule has 2 nitrogen and oxygen atoms in total. The van der Waals surface area contributed by atoms with Crippen molar-refractivity contribution in [2.45, 2.75) is 10.6 Å². The Balaban J connectivity index is 2.16. The van der Waals surface area contributed by atoms with Crippen LogP contribution in [0.4, 0.5) is 5.69 Å². The maximum Gasteiger partial charge on any atom is 0.0595 e. The van der Waals surface area contributed by atoms with Crippen molar-refractivity contribution in [3.63, 3.8) is 0 Å². The van der Waals surface area contributed by atoms with Crippen molar-refractivity contribution in [3.8, 4) is 0 Å². The van der Waals surface area contributed by atoms with Gasteiger partial charge in [0, 0.05) is 10.6 Å². The molecule has 2 rings (SSSR count). The van der Waals surface area contributed by atoms with E-state index in [9.17, 15) is 4.21 Å². The standard InChI is InChI=1S/C13H11Cl2NOS/c14-12-6-1-9(7-13(12)15)8-18(17)11-4-2-10(16)3-5-11/h1-7H,8,16H2. The third-order valence-electron chi connectivity index (χ3n) is 2.42. The second-order valence-corrected chi connectivity index (χ2v) is 6.07. The number of hydrogen-bond acceptors (Lipinski definition) is 2. The lowest BCUT2D eigenvalue weighted by atomic mass is 10.2. The van der Waals surface area contributed by atoms with Gasteiger partial charge >= 0.3 is 0 Å². The first-order valence-corrected chi connectivity index (χ1v) is 7.31. The normalized spacial score (nSPS) is 12.3. The van der Waals surface area contributed by atoms with Crippen molar-refractivity contribution < 1.29 is 4.21 Å². The van der Waals surface area contributed by atoms with Gasteiger partial charge < -0.3 is 5.73 Å². The topological polar surface area (TPSA) is 43.1 Å². The van der Waals surface area contributed by atoms with Crippen molar-refractivity contribution in [1.29, 1.82) is 0 Å². The number of nitrogen functional groups attached to an aromatic ring is 1. The Kier molecular flexibility index (Phi) is 4.27. The molecule has 94 valence electrons. The van der Waals surface area contributed by atoms with E-state index in [1.54, 1.807) is 36.4 Å².